The molecule has 2 aromatic carbocycles. The maximum absolute atomic E-state index is 14.4. The molecule has 72 heavy (non-hydrogen) atoms. The molecular formula is C52H68N10O7S3. The fourth-order valence-corrected chi connectivity index (χ4v) is 13.8. The number of hydrogen-bond donors (Lipinski definition) is 8. The van der Waals surface area contributed by atoms with Gasteiger partial charge in [-0.25, -0.2) is 0 Å². The molecule has 0 bridgehead atoms. The molecule has 0 radical (unpaired) electrons. The van der Waals surface area contributed by atoms with Gasteiger partial charge in [-0.2, -0.15) is 0 Å². The number of thiocarbonyl (C=S) groups is 1. The quantitative estimate of drug-likeness (QED) is 0.0888. The first-order valence-electron chi connectivity index (χ1n) is 24.3. The highest BCUT2D eigenvalue weighted by Gasteiger charge is 2.57. The topological polar surface area (TPSA) is 236 Å². The van der Waals surface area contributed by atoms with Crippen molar-refractivity contribution >= 4 is 82.1 Å². The molecule has 4 saturated heterocycles. The van der Waals surface area contributed by atoms with Gasteiger partial charge in [0, 0.05) is 5.25 Å². The van der Waals surface area contributed by atoms with Crippen LogP contribution in [0.25, 0.3) is 0 Å². The fraction of sp³-hybridized carbons (Fsp3) is 0.538. The molecule has 6 rings (SSSR count). The molecule has 4 heterocycles. The van der Waals surface area contributed by atoms with E-state index in [1.165, 1.54) is 11.8 Å². The number of primary amides is 1. The number of carbonyl (C=O) groups is 7. The molecule has 20 heteroatoms. The molecule has 4 aliphatic rings. The Morgan fingerprint density at radius 1 is 0.736 bits per heavy atom. The molecule has 0 aliphatic carbocycles. The third-order valence-electron chi connectivity index (χ3n) is 13.9. The molecule has 4 aliphatic heterocycles. The van der Waals surface area contributed by atoms with Crippen LogP contribution in [0.2, 0.25) is 0 Å². The van der Waals surface area contributed by atoms with Gasteiger partial charge in [-0.15, -0.1) is 23.5 Å². The van der Waals surface area contributed by atoms with E-state index in [0.717, 1.165) is 5.56 Å². The number of fused-ring (bicyclic) bond motifs is 2. The maximum Gasteiger partial charge on any atom is 0.247 e. The van der Waals surface area contributed by atoms with Crippen LogP contribution in [0.3, 0.4) is 0 Å². The molecule has 17 nitrogen and oxygen atoms in total. The minimum atomic E-state index is -1.12. The van der Waals surface area contributed by atoms with Crippen LogP contribution < -0.4 is 43.0 Å². The van der Waals surface area contributed by atoms with E-state index < -0.39 is 81.3 Å². The van der Waals surface area contributed by atoms with Crippen molar-refractivity contribution in [3.05, 3.63) is 71.8 Å². The maximum atomic E-state index is 14.4. The molecule has 0 spiro atoms. The van der Waals surface area contributed by atoms with E-state index in [0.29, 0.717) is 35.6 Å². The van der Waals surface area contributed by atoms with E-state index >= 15 is 0 Å². The Bertz CT molecular complexity index is 2490. The van der Waals surface area contributed by atoms with Crippen molar-refractivity contribution in [3.63, 3.8) is 0 Å². The molecule has 4 fully saturated rings. The van der Waals surface area contributed by atoms with Crippen molar-refractivity contribution in [2.45, 2.75) is 131 Å². The van der Waals surface area contributed by atoms with Gasteiger partial charge in [0.05, 0.1) is 46.8 Å². The summed E-state index contributed by atoms with van der Waals surface area (Å²) in [4.78, 5) is 100. The van der Waals surface area contributed by atoms with Gasteiger partial charge in [-0.3, -0.25) is 33.6 Å². The second-order valence-corrected chi connectivity index (χ2v) is 23.1. The minimum absolute atomic E-state index is 0.0436. The lowest BCUT2D eigenvalue weighted by molar-refractivity contribution is -0.144. The summed E-state index contributed by atoms with van der Waals surface area (Å²) < 4.78 is 0. The number of benzene rings is 2. The molecule has 11 atom stereocenters. The summed E-state index contributed by atoms with van der Waals surface area (Å²) in [5, 5.41) is 19.6. The van der Waals surface area contributed by atoms with Crippen LogP contribution >= 0.6 is 35.7 Å². The third-order valence-corrected chi connectivity index (χ3v) is 17.2. The van der Waals surface area contributed by atoms with Gasteiger partial charge < -0.3 is 52.8 Å². The SMILES string of the molecule is CN[C@@H](C)C(=O)N[C@H]1CCS[C@H]2CC(C)(C)[C@@H](C(=O)N[C@H](C(=O)NCC#CC#CCNC(=O)[C@H](c3ccccc3)C3CC(NC(=S)[C@H](C)NC)C(=O)N4C(CC(C)(C)C4C(N)=O)S3)c3ccccc3)N2C1=O. The van der Waals surface area contributed by atoms with E-state index in [2.05, 4.69) is 60.9 Å². The van der Waals surface area contributed by atoms with Crippen LogP contribution in [0.1, 0.15) is 90.3 Å². The Hall–Kier alpha value is -5.64. The lowest BCUT2D eigenvalue weighted by Gasteiger charge is -2.35. The first kappa shape index (κ1) is 55.7. The van der Waals surface area contributed by atoms with E-state index in [4.69, 9.17) is 18.0 Å². The Morgan fingerprint density at radius 2 is 1.28 bits per heavy atom. The van der Waals surface area contributed by atoms with Crippen molar-refractivity contribution in [3.8, 4) is 23.7 Å². The Balaban J connectivity index is 1.12. The monoisotopic (exact) mass is 1040 g/mol. The van der Waals surface area contributed by atoms with Gasteiger partial charge in [0.25, 0.3) is 0 Å². The van der Waals surface area contributed by atoms with E-state index in [-0.39, 0.29) is 54.6 Å². The summed E-state index contributed by atoms with van der Waals surface area (Å²) in [6, 6.07) is 12.8. The average Bonchev–Trinajstić information content (AvgIpc) is 3.68. The molecule has 4 unspecified atom stereocenters. The third kappa shape index (κ3) is 12.9. The van der Waals surface area contributed by atoms with Crippen LogP contribution in [0.4, 0.5) is 0 Å². The number of hydrogen-bond acceptors (Lipinski definition) is 12. The molecule has 2 aromatic rings. The second-order valence-electron chi connectivity index (χ2n) is 20.0. The number of rotatable bonds is 16. The summed E-state index contributed by atoms with van der Waals surface area (Å²) in [5.74, 6) is 8.23. The molecule has 9 N–H and O–H groups in total. The van der Waals surface area contributed by atoms with Gasteiger partial charge in [0.15, 0.2) is 0 Å². The zero-order valence-electron chi connectivity index (χ0n) is 42.1. The van der Waals surface area contributed by atoms with E-state index in [1.54, 1.807) is 72.9 Å². The van der Waals surface area contributed by atoms with Gasteiger partial charge in [0.1, 0.15) is 30.2 Å². The van der Waals surface area contributed by atoms with Gasteiger partial charge >= 0.3 is 0 Å². The van der Waals surface area contributed by atoms with Gasteiger partial charge in [0.2, 0.25) is 41.4 Å². The van der Waals surface area contributed by atoms with Crippen molar-refractivity contribution < 1.29 is 33.6 Å². The number of nitrogens with one attached hydrogen (secondary N) is 7. The Morgan fingerprint density at radius 3 is 1.88 bits per heavy atom. The first-order chi connectivity index (χ1) is 34.2. The molecule has 0 aromatic heterocycles. The Kier molecular flexibility index (Phi) is 18.9. The zero-order chi connectivity index (χ0) is 52.5. The van der Waals surface area contributed by atoms with E-state index in [1.807, 2.05) is 65.0 Å². The second kappa shape index (κ2) is 24.4. The smallest absolute Gasteiger partial charge is 0.247 e. The lowest BCUT2D eigenvalue weighted by Crippen LogP contribution is -2.58. The minimum Gasteiger partial charge on any atom is -0.368 e. The van der Waals surface area contributed by atoms with Gasteiger partial charge in [-0.05, 0) is 93.2 Å². The molecule has 386 valence electrons. The number of nitrogens with two attached hydrogens (primary N) is 1. The van der Waals surface area contributed by atoms with Crippen LogP contribution in [0.5, 0.6) is 0 Å². The summed E-state index contributed by atoms with van der Waals surface area (Å²) in [5.41, 5.74) is 5.96. The molecule has 7 amide bonds. The predicted molar refractivity (Wildman–Crippen MR) is 284 cm³/mol. The highest BCUT2D eigenvalue weighted by Crippen LogP contribution is 2.50. The lowest BCUT2D eigenvalue weighted by atomic mass is 9.83. The van der Waals surface area contributed by atoms with Crippen molar-refractivity contribution in [2.24, 2.45) is 16.6 Å². The zero-order valence-corrected chi connectivity index (χ0v) is 44.6. The molecule has 0 saturated carbocycles. The number of nitrogens with zero attached hydrogens (tertiary/aromatic N) is 2. The standard InChI is InChI=1S/C52H68N10O7S3/c1-30(54-7)44(64)58-34-23-26-71-37-28-52(5,6)42(61(37)49(34)68)47(67)60-40(33-21-15-12-16-22-33)46(66)57-25-18-10-9-17-24-56-45(65)39(32-19-13-11-14-20-32)36-27-35(59-48(70)31(2)55-8)50(69)62-38(72-36)29-51(3,4)41(62)43(53)63/h11-16,19-22,30-31,34-42,54-55H,23-29H2,1-8H3,(H2,53,63)(H,56,65)(H,57,66)(H,58,64)(H,59,70)(H,60,67)/t30-,31-,34-,35?,36?,37-,38?,39+,40-,41?,42+/m0/s1. The summed E-state index contributed by atoms with van der Waals surface area (Å²) in [7, 11) is 3.43. The fourth-order valence-electron chi connectivity index (χ4n) is 9.93. The summed E-state index contributed by atoms with van der Waals surface area (Å²) in [6.45, 7) is 11.1. The number of amides is 7. The predicted octanol–water partition coefficient (Wildman–Crippen LogP) is 1.89. The largest absolute Gasteiger partial charge is 0.368 e. The van der Waals surface area contributed by atoms with Crippen LogP contribution in [0.15, 0.2) is 60.7 Å². The normalized spacial score (nSPS) is 25.6. The number of likely N-dealkylation sites (N-methyl/N-ethyl adjacent to an activating group) is 2. The summed E-state index contributed by atoms with van der Waals surface area (Å²) in [6.07, 6.45) is 1.70. The van der Waals surface area contributed by atoms with Crippen molar-refractivity contribution in [2.75, 3.05) is 32.9 Å². The van der Waals surface area contributed by atoms with Crippen molar-refractivity contribution in [1.29, 1.82) is 0 Å². The van der Waals surface area contributed by atoms with Crippen molar-refractivity contribution in [1.82, 2.24) is 47.0 Å². The molecular weight excluding hydrogens is 973 g/mol. The average molecular weight is 1040 g/mol. The van der Waals surface area contributed by atoms with Crippen LogP contribution in [-0.2, 0) is 33.6 Å². The number of thioether (sulfide) groups is 2. The highest BCUT2D eigenvalue weighted by atomic mass is 32.2. The number of carbonyl (C=O) groups excluding carboxylic acids is 7. The first-order valence-corrected chi connectivity index (χ1v) is 26.7. The van der Waals surface area contributed by atoms with E-state index in [9.17, 15) is 33.6 Å². The van der Waals surface area contributed by atoms with Crippen LogP contribution in [0, 0.1) is 34.5 Å². The summed E-state index contributed by atoms with van der Waals surface area (Å²) >= 11 is 8.75. The Labute approximate surface area is 437 Å². The van der Waals surface area contributed by atoms with Gasteiger partial charge in [-0.1, -0.05) is 112 Å². The van der Waals surface area contributed by atoms with Crippen LogP contribution in [-0.4, -0.2) is 141 Å². The highest BCUT2D eigenvalue weighted by molar-refractivity contribution is 8.00.